The minimum atomic E-state index is -3.86. The Kier molecular flexibility index (Phi) is 5.05. The van der Waals surface area contributed by atoms with E-state index in [0.717, 1.165) is 18.4 Å². The lowest BCUT2D eigenvalue weighted by molar-refractivity contribution is 0.0274. The van der Waals surface area contributed by atoms with E-state index in [-0.39, 0.29) is 17.4 Å². The van der Waals surface area contributed by atoms with Gasteiger partial charge in [0.1, 0.15) is 5.60 Å². The van der Waals surface area contributed by atoms with Crippen LogP contribution in [0.4, 0.5) is 4.79 Å². The van der Waals surface area contributed by atoms with Gasteiger partial charge in [0.25, 0.3) is 10.1 Å². The molecule has 0 radical (unpaired) electrons. The Balaban J connectivity index is 1.73. The van der Waals surface area contributed by atoms with E-state index in [1.807, 2.05) is 27.7 Å². The first-order chi connectivity index (χ1) is 12.0. The summed E-state index contributed by atoms with van der Waals surface area (Å²) in [6.07, 6.45) is 1.16. The maximum Gasteiger partial charge on any atom is 0.410 e. The normalized spacial score (nSPS) is 23.9. The molecule has 2 fully saturated rings. The number of hydrogen-bond acceptors (Lipinski definition) is 5. The minimum Gasteiger partial charge on any atom is -0.444 e. The molecule has 1 aromatic carbocycles. The van der Waals surface area contributed by atoms with Crippen molar-refractivity contribution in [1.82, 2.24) is 4.90 Å². The van der Waals surface area contributed by atoms with Crippen LogP contribution in [0.3, 0.4) is 0 Å². The number of rotatable bonds is 4. The quantitative estimate of drug-likeness (QED) is 0.748. The van der Waals surface area contributed by atoms with Crippen LogP contribution in [0.25, 0.3) is 0 Å². The number of aryl methyl sites for hydroxylation is 1. The molecule has 2 unspecified atom stereocenters. The number of nitrogens with zero attached hydrogens (tertiary/aromatic N) is 1. The standard InChI is InChI=1S/C19H27NO5S/c1-13-5-9-15(10-6-13)26(22,23)25-17-12-20(11-16(17)14-7-8-14)18(21)24-19(2,3)4/h5-6,9-10,14,16-17H,7-8,11-12H2,1-4H3. The van der Waals surface area contributed by atoms with Crippen LogP contribution in [-0.4, -0.2) is 44.2 Å². The van der Waals surface area contributed by atoms with Gasteiger partial charge in [0.05, 0.1) is 17.5 Å². The van der Waals surface area contributed by atoms with Crippen molar-refractivity contribution in [3.63, 3.8) is 0 Å². The largest absolute Gasteiger partial charge is 0.444 e. The second kappa shape index (κ2) is 6.85. The van der Waals surface area contributed by atoms with Gasteiger partial charge in [-0.1, -0.05) is 17.7 Å². The van der Waals surface area contributed by atoms with Gasteiger partial charge >= 0.3 is 6.09 Å². The fraction of sp³-hybridized carbons (Fsp3) is 0.632. The second-order valence-electron chi connectivity index (χ2n) is 8.29. The number of benzene rings is 1. The predicted octanol–water partition coefficient (Wildman–Crippen LogP) is 3.35. The summed E-state index contributed by atoms with van der Waals surface area (Å²) in [6, 6.07) is 6.60. The van der Waals surface area contributed by atoms with Crippen LogP contribution in [0.15, 0.2) is 29.2 Å². The molecule has 1 saturated carbocycles. The molecule has 6 nitrogen and oxygen atoms in total. The third kappa shape index (κ3) is 4.57. The topological polar surface area (TPSA) is 72.9 Å². The average Bonchev–Trinajstić information content (AvgIpc) is 3.27. The molecule has 2 aliphatic rings. The highest BCUT2D eigenvalue weighted by Gasteiger charge is 2.47. The summed E-state index contributed by atoms with van der Waals surface area (Å²) in [5.74, 6) is 0.448. The van der Waals surface area contributed by atoms with Crippen LogP contribution in [0, 0.1) is 18.8 Å². The zero-order valence-corrected chi connectivity index (χ0v) is 16.6. The summed E-state index contributed by atoms with van der Waals surface area (Å²) >= 11 is 0. The summed E-state index contributed by atoms with van der Waals surface area (Å²) < 4.78 is 36.3. The van der Waals surface area contributed by atoms with Crippen molar-refractivity contribution in [2.75, 3.05) is 13.1 Å². The Labute approximate surface area is 155 Å². The van der Waals surface area contributed by atoms with Crippen molar-refractivity contribution in [3.8, 4) is 0 Å². The number of ether oxygens (including phenoxy) is 1. The highest BCUT2D eigenvalue weighted by atomic mass is 32.2. The molecule has 1 saturated heterocycles. The molecule has 144 valence electrons. The van der Waals surface area contributed by atoms with Gasteiger partial charge in [-0.2, -0.15) is 8.42 Å². The monoisotopic (exact) mass is 381 g/mol. The van der Waals surface area contributed by atoms with E-state index in [1.54, 1.807) is 29.2 Å². The molecule has 1 heterocycles. The summed E-state index contributed by atoms with van der Waals surface area (Å²) in [4.78, 5) is 14.1. The molecule has 0 aromatic heterocycles. The first kappa shape index (κ1) is 19.2. The third-order valence-corrected chi connectivity index (χ3v) is 6.10. The molecule has 7 heteroatoms. The van der Waals surface area contributed by atoms with Crippen LogP contribution >= 0.6 is 0 Å². The van der Waals surface area contributed by atoms with Gasteiger partial charge < -0.3 is 9.64 Å². The van der Waals surface area contributed by atoms with Gasteiger partial charge in [-0.25, -0.2) is 4.79 Å². The fourth-order valence-electron chi connectivity index (χ4n) is 3.28. The number of carbonyl (C=O) groups is 1. The lowest BCUT2D eigenvalue weighted by Crippen LogP contribution is -2.36. The molecular weight excluding hydrogens is 354 g/mol. The van der Waals surface area contributed by atoms with Gasteiger partial charge in [0.2, 0.25) is 0 Å². The van der Waals surface area contributed by atoms with Gasteiger partial charge in [-0.15, -0.1) is 0 Å². The van der Waals surface area contributed by atoms with E-state index in [1.165, 1.54) is 0 Å². The van der Waals surface area contributed by atoms with E-state index in [4.69, 9.17) is 8.92 Å². The molecule has 2 atom stereocenters. The van der Waals surface area contributed by atoms with E-state index in [9.17, 15) is 13.2 Å². The summed E-state index contributed by atoms with van der Waals surface area (Å²) in [5.41, 5.74) is 0.399. The predicted molar refractivity (Wildman–Crippen MR) is 97.3 cm³/mol. The maximum absolute atomic E-state index is 12.6. The van der Waals surface area contributed by atoms with Crippen LogP contribution in [0.1, 0.15) is 39.2 Å². The van der Waals surface area contributed by atoms with Crippen molar-refractivity contribution in [1.29, 1.82) is 0 Å². The van der Waals surface area contributed by atoms with Crippen molar-refractivity contribution in [2.45, 2.75) is 57.1 Å². The molecule has 0 spiro atoms. The van der Waals surface area contributed by atoms with E-state index in [2.05, 4.69) is 0 Å². The van der Waals surface area contributed by atoms with Gasteiger partial charge in [-0.05, 0) is 58.6 Å². The fourth-order valence-corrected chi connectivity index (χ4v) is 4.39. The minimum absolute atomic E-state index is 0.0303. The molecule has 0 N–H and O–H groups in total. The summed E-state index contributed by atoms with van der Waals surface area (Å²) in [6.45, 7) is 8.06. The van der Waals surface area contributed by atoms with Crippen molar-refractivity contribution >= 4 is 16.2 Å². The van der Waals surface area contributed by atoms with Crippen LogP contribution in [0.2, 0.25) is 0 Å². The molecule has 0 bridgehead atoms. The second-order valence-corrected chi connectivity index (χ2v) is 9.86. The SMILES string of the molecule is Cc1ccc(S(=O)(=O)OC2CN(C(=O)OC(C)(C)C)CC2C2CC2)cc1. The van der Waals surface area contributed by atoms with Crippen LogP contribution in [0.5, 0.6) is 0 Å². The number of carbonyl (C=O) groups excluding carboxylic acids is 1. The Morgan fingerprint density at radius 1 is 1.12 bits per heavy atom. The highest BCUT2D eigenvalue weighted by Crippen LogP contribution is 2.43. The number of amides is 1. The summed E-state index contributed by atoms with van der Waals surface area (Å²) in [7, 11) is -3.86. The first-order valence-corrected chi connectivity index (χ1v) is 10.4. The van der Waals surface area contributed by atoms with Gasteiger partial charge in [0.15, 0.2) is 0 Å². The summed E-state index contributed by atoms with van der Waals surface area (Å²) in [5, 5.41) is 0. The van der Waals surface area contributed by atoms with Crippen molar-refractivity contribution < 1.29 is 22.1 Å². The van der Waals surface area contributed by atoms with Crippen molar-refractivity contribution in [2.24, 2.45) is 11.8 Å². The van der Waals surface area contributed by atoms with Crippen molar-refractivity contribution in [3.05, 3.63) is 29.8 Å². The zero-order valence-electron chi connectivity index (χ0n) is 15.8. The molecule has 3 rings (SSSR count). The number of likely N-dealkylation sites (tertiary alicyclic amines) is 1. The van der Waals surface area contributed by atoms with Crippen LogP contribution < -0.4 is 0 Å². The van der Waals surface area contributed by atoms with Gasteiger partial charge in [0, 0.05) is 12.5 Å². The van der Waals surface area contributed by atoms with Gasteiger partial charge in [-0.3, -0.25) is 4.18 Å². The highest BCUT2D eigenvalue weighted by molar-refractivity contribution is 7.86. The number of hydrogen-bond donors (Lipinski definition) is 0. The Morgan fingerprint density at radius 2 is 1.73 bits per heavy atom. The Bertz CT molecular complexity index is 762. The lowest BCUT2D eigenvalue weighted by atomic mass is 10.0. The zero-order chi connectivity index (χ0) is 19.1. The average molecular weight is 381 g/mol. The van der Waals surface area contributed by atoms with E-state index in [0.29, 0.717) is 12.5 Å². The van der Waals surface area contributed by atoms with Crippen LogP contribution in [-0.2, 0) is 19.0 Å². The molecule has 1 aliphatic carbocycles. The maximum atomic E-state index is 12.6. The molecular formula is C19H27NO5S. The molecule has 1 aliphatic heterocycles. The Morgan fingerprint density at radius 3 is 2.27 bits per heavy atom. The van der Waals surface area contributed by atoms with E-state index < -0.39 is 27.9 Å². The molecule has 1 amide bonds. The molecule has 1 aromatic rings. The Hall–Kier alpha value is -1.60. The lowest BCUT2D eigenvalue weighted by Gasteiger charge is -2.24. The smallest absolute Gasteiger partial charge is 0.410 e. The third-order valence-electron chi connectivity index (χ3n) is 4.75. The first-order valence-electron chi connectivity index (χ1n) is 9.03. The van der Waals surface area contributed by atoms with E-state index >= 15 is 0 Å². The molecule has 26 heavy (non-hydrogen) atoms.